The zero-order valence-electron chi connectivity index (χ0n) is 20.4. The van der Waals surface area contributed by atoms with E-state index in [2.05, 4.69) is 24.0 Å². The number of pyridine rings is 1. The van der Waals surface area contributed by atoms with Crippen molar-refractivity contribution >= 4 is 0 Å². The van der Waals surface area contributed by atoms with Crippen molar-refractivity contribution in [3.8, 4) is 22.8 Å². The van der Waals surface area contributed by atoms with Gasteiger partial charge in [0.15, 0.2) is 0 Å². The van der Waals surface area contributed by atoms with Gasteiger partial charge in [-0.3, -0.25) is 0 Å². The zero-order chi connectivity index (χ0) is 24.2. The van der Waals surface area contributed by atoms with Crippen molar-refractivity contribution in [2.75, 3.05) is 6.61 Å². The molecule has 3 aromatic rings. The second-order valence-corrected chi connectivity index (χ2v) is 10.7. The van der Waals surface area contributed by atoms with Crippen LogP contribution in [0.2, 0.25) is 0 Å². The van der Waals surface area contributed by atoms with E-state index in [4.69, 9.17) is 9.47 Å². The molecule has 1 heterocycles. The summed E-state index contributed by atoms with van der Waals surface area (Å²) in [5.41, 5.74) is 5.61. The van der Waals surface area contributed by atoms with Crippen LogP contribution in [-0.4, -0.2) is 22.3 Å². The van der Waals surface area contributed by atoms with E-state index in [1.807, 2.05) is 31.2 Å². The molecule has 6 rings (SSSR count). The van der Waals surface area contributed by atoms with E-state index in [9.17, 15) is 9.50 Å². The Morgan fingerprint density at radius 2 is 1.94 bits per heavy atom. The van der Waals surface area contributed by atoms with Crippen molar-refractivity contribution in [1.82, 2.24) is 4.98 Å². The zero-order valence-corrected chi connectivity index (χ0v) is 20.4. The Morgan fingerprint density at radius 3 is 2.74 bits per heavy atom. The van der Waals surface area contributed by atoms with Crippen LogP contribution in [0.4, 0.5) is 4.39 Å². The van der Waals surface area contributed by atoms with Crippen LogP contribution in [-0.2, 0) is 13.0 Å². The molecule has 35 heavy (non-hydrogen) atoms. The maximum absolute atomic E-state index is 14.6. The van der Waals surface area contributed by atoms with Crippen LogP contribution in [0.3, 0.4) is 0 Å². The van der Waals surface area contributed by atoms with E-state index in [0.29, 0.717) is 18.1 Å². The summed E-state index contributed by atoms with van der Waals surface area (Å²) >= 11 is 0. The van der Waals surface area contributed by atoms with Gasteiger partial charge in [0.1, 0.15) is 18.2 Å². The van der Waals surface area contributed by atoms with Gasteiger partial charge < -0.3 is 14.6 Å². The summed E-state index contributed by atoms with van der Waals surface area (Å²) in [6.45, 7) is 4.99. The smallest absolute Gasteiger partial charge is 0.213 e. The first-order chi connectivity index (χ1) is 16.9. The van der Waals surface area contributed by atoms with E-state index >= 15 is 0 Å². The van der Waals surface area contributed by atoms with Gasteiger partial charge in [0.05, 0.1) is 12.2 Å². The largest absolute Gasteiger partial charge is 0.489 e. The molecular formula is C30H32FNO3. The molecule has 1 N–H and O–H groups in total. The Kier molecular flexibility index (Phi) is 5.56. The van der Waals surface area contributed by atoms with Gasteiger partial charge in [-0.2, -0.15) is 0 Å². The van der Waals surface area contributed by atoms with Crippen molar-refractivity contribution in [3.05, 3.63) is 76.7 Å². The van der Waals surface area contributed by atoms with Crippen molar-refractivity contribution in [3.63, 3.8) is 0 Å². The third-order valence-electron chi connectivity index (χ3n) is 8.17. The molecule has 2 aromatic carbocycles. The number of aromatic nitrogens is 1. The SMILES string of the molecule is Cc1nc(OCCCC2(O)CC2)ccc1-c1ccc(F)c(COc2ccc3c(c2)C[C@H]2[C@H](C)[C@@H]32)c1. The number of nitrogens with zero attached hydrogens (tertiary/aromatic N) is 1. The fraction of sp³-hybridized carbons (Fsp3) is 0.433. The number of halogens is 1. The van der Waals surface area contributed by atoms with E-state index in [1.165, 1.54) is 17.2 Å². The maximum Gasteiger partial charge on any atom is 0.213 e. The van der Waals surface area contributed by atoms with E-state index in [0.717, 1.165) is 72.4 Å². The number of ether oxygens (including phenoxy) is 2. The highest BCUT2D eigenvalue weighted by atomic mass is 19.1. The minimum atomic E-state index is -0.444. The summed E-state index contributed by atoms with van der Waals surface area (Å²) in [4.78, 5) is 4.58. The molecule has 0 saturated heterocycles. The van der Waals surface area contributed by atoms with Gasteiger partial charge >= 0.3 is 0 Å². The van der Waals surface area contributed by atoms with Crippen LogP contribution in [0.25, 0.3) is 11.1 Å². The van der Waals surface area contributed by atoms with Crippen LogP contribution in [0, 0.1) is 24.6 Å². The van der Waals surface area contributed by atoms with Crippen LogP contribution >= 0.6 is 0 Å². The number of aryl methyl sites for hydroxylation is 1. The molecule has 0 radical (unpaired) electrons. The van der Waals surface area contributed by atoms with Gasteiger partial charge in [-0.25, -0.2) is 9.37 Å². The summed E-state index contributed by atoms with van der Waals surface area (Å²) in [5.74, 6) is 3.45. The van der Waals surface area contributed by atoms with E-state index in [1.54, 1.807) is 6.07 Å². The van der Waals surface area contributed by atoms with Crippen molar-refractivity contribution in [1.29, 1.82) is 0 Å². The number of rotatable bonds is 9. The minimum Gasteiger partial charge on any atom is -0.489 e. The monoisotopic (exact) mass is 473 g/mol. The van der Waals surface area contributed by atoms with Gasteiger partial charge in [0, 0.05) is 22.9 Å². The van der Waals surface area contributed by atoms with E-state index < -0.39 is 5.60 Å². The molecule has 4 nitrogen and oxygen atoms in total. The minimum absolute atomic E-state index is 0.182. The standard InChI is InChI=1S/C30H32FNO3/c1-18-26-16-21-15-23(5-6-25(21)29(18)26)35-17-22-14-20(4-8-27(22)31)24-7-9-28(32-19(24)2)34-13-3-10-30(33)11-12-30/h4-9,14-15,18,26,29,33H,3,10-13,16-17H2,1-2H3/t18-,26-,29-/m0/s1. The lowest BCUT2D eigenvalue weighted by molar-refractivity contribution is 0.129. The van der Waals surface area contributed by atoms with Crippen molar-refractivity contribution < 1.29 is 19.0 Å². The number of aliphatic hydroxyl groups is 1. The van der Waals surface area contributed by atoms with Gasteiger partial charge in [-0.1, -0.05) is 19.1 Å². The molecule has 0 unspecified atom stereocenters. The quantitative estimate of drug-likeness (QED) is 0.367. The average molecular weight is 474 g/mol. The number of hydrogen-bond donors (Lipinski definition) is 1. The number of benzene rings is 2. The van der Waals surface area contributed by atoms with E-state index in [-0.39, 0.29) is 12.4 Å². The molecule has 0 spiro atoms. The number of fused-ring (bicyclic) bond motifs is 3. The van der Waals surface area contributed by atoms with Gasteiger partial charge in [0.2, 0.25) is 5.88 Å². The fourth-order valence-electron chi connectivity index (χ4n) is 5.71. The molecule has 5 heteroatoms. The second kappa shape index (κ2) is 8.63. The Bertz CT molecular complexity index is 1270. The third-order valence-corrected chi connectivity index (χ3v) is 8.17. The Labute approximate surface area is 206 Å². The summed E-state index contributed by atoms with van der Waals surface area (Å²) in [6.07, 6.45) is 4.52. The summed E-state index contributed by atoms with van der Waals surface area (Å²) in [6, 6.07) is 15.3. The predicted octanol–water partition coefficient (Wildman–Crippen LogP) is 6.36. The highest BCUT2D eigenvalue weighted by Crippen LogP contribution is 2.61. The molecule has 0 bridgehead atoms. The Morgan fingerprint density at radius 1 is 1.09 bits per heavy atom. The molecular weight excluding hydrogens is 441 g/mol. The fourth-order valence-corrected chi connectivity index (χ4v) is 5.71. The average Bonchev–Trinajstić information content (AvgIpc) is 3.68. The molecule has 2 saturated carbocycles. The molecule has 3 aliphatic rings. The molecule has 182 valence electrons. The first-order valence-corrected chi connectivity index (χ1v) is 12.8. The molecule has 0 amide bonds. The lowest BCUT2D eigenvalue weighted by Crippen LogP contribution is -2.09. The predicted molar refractivity (Wildman–Crippen MR) is 133 cm³/mol. The summed E-state index contributed by atoms with van der Waals surface area (Å²) < 4.78 is 26.4. The normalized spacial score (nSPS) is 22.9. The molecule has 2 fully saturated rings. The lowest BCUT2D eigenvalue weighted by Gasteiger charge is -2.13. The highest BCUT2D eigenvalue weighted by Gasteiger charge is 2.52. The molecule has 0 aliphatic heterocycles. The second-order valence-electron chi connectivity index (χ2n) is 10.7. The maximum atomic E-state index is 14.6. The molecule has 1 aromatic heterocycles. The lowest BCUT2D eigenvalue weighted by atomic mass is 10.0. The number of hydrogen-bond acceptors (Lipinski definition) is 4. The summed E-state index contributed by atoms with van der Waals surface area (Å²) in [7, 11) is 0. The Balaban J connectivity index is 1.10. The van der Waals surface area contributed by atoms with Crippen molar-refractivity contribution in [2.24, 2.45) is 11.8 Å². The molecule has 3 atom stereocenters. The third kappa shape index (κ3) is 4.54. The first-order valence-electron chi connectivity index (χ1n) is 12.8. The Hall–Kier alpha value is -2.92. The first kappa shape index (κ1) is 22.5. The molecule has 3 aliphatic carbocycles. The van der Waals surface area contributed by atoms with Crippen LogP contribution in [0.1, 0.15) is 60.9 Å². The van der Waals surface area contributed by atoms with Gasteiger partial charge in [0.25, 0.3) is 0 Å². The van der Waals surface area contributed by atoms with Crippen LogP contribution in [0.15, 0.2) is 48.5 Å². The van der Waals surface area contributed by atoms with Crippen LogP contribution in [0.5, 0.6) is 11.6 Å². The van der Waals surface area contributed by atoms with Crippen LogP contribution < -0.4 is 9.47 Å². The topological polar surface area (TPSA) is 51.6 Å². The van der Waals surface area contributed by atoms with Gasteiger partial charge in [-0.05, 0) is 104 Å². The highest BCUT2D eigenvalue weighted by molar-refractivity contribution is 5.67. The summed E-state index contributed by atoms with van der Waals surface area (Å²) in [5, 5.41) is 9.93. The van der Waals surface area contributed by atoms with Gasteiger partial charge in [-0.15, -0.1) is 0 Å². The van der Waals surface area contributed by atoms with Crippen molar-refractivity contribution in [2.45, 2.75) is 64.1 Å².